The standard InChI is InChI=1S/C25H33F2NO3/c1-6-8-21(7-2)28(16-17(3)13-18-9-11-20(26)15-22(18)27)25(29)19-10-12-23(30-4)24(14-19)31-5/h9,11-15,19,21H,6-8,10,16H2,1-5H3/b17-13+. The molecular weight excluding hydrogens is 400 g/mol. The average Bonchev–Trinajstić information content (AvgIpc) is 2.77. The highest BCUT2D eigenvalue weighted by molar-refractivity contribution is 5.82. The number of rotatable bonds is 10. The lowest BCUT2D eigenvalue weighted by molar-refractivity contribution is -0.136. The molecule has 0 radical (unpaired) electrons. The predicted octanol–water partition coefficient (Wildman–Crippen LogP) is 5.86. The lowest BCUT2D eigenvalue weighted by atomic mass is 9.95. The molecule has 31 heavy (non-hydrogen) atoms. The first-order valence-electron chi connectivity index (χ1n) is 10.8. The van der Waals surface area contributed by atoms with Gasteiger partial charge in [-0.25, -0.2) is 8.78 Å². The van der Waals surface area contributed by atoms with Crippen LogP contribution in [0.15, 0.2) is 47.4 Å². The minimum absolute atomic E-state index is 0.00795. The maximum Gasteiger partial charge on any atom is 0.230 e. The van der Waals surface area contributed by atoms with Crippen LogP contribution >= 0.6 is 0 Å². The van der Waals surface area contributed by atoms with E-state index in [1.54, 1.807) is 20.3 Å². The van der Waals surface area contributed by atoms with Gasteiger partial charge in [-0.15, -0.1) is 0 Å². The lowest BCUT2D eigenvalue weighted by Crippen LogP contribution is -2.44. The van der Waals surface area contributed by atoms with Crippen LogP contribution in [0.25, 0.3) is 6.08 Å². The highest BCUT2D eigenvalue weighted by Gasteiger charge is 2.30. The van der Waals surface area contributed by atoms with Crippen molar-refractivity contribution in [2.75, 3.05) is 20.8 Å². The molecule has 0 saturated heterocycles. The second-order valence-electron chi connectivity index (χ2n) is 7.82. The first-order valence-corrected chi connectivity index (χ1v) is 10.8. The van der Waals surface area contributed by atoms with E-state index in [-0.39, 0.29) is 17.9 Å². The Morgan fingerprint density at radius 1 is 1.23 bits per heavy atom. The van der Waals surface area contributed by atoms with Crippen molar-refractivity contribution in [2.24, 2.45) is 5.92 Å². The third kappa shape index (κ3) is 6.42. The molecule has 1 aliphatic carbocycles. The van der Waals surface area contributed by atoms with Gasteiger partial charge in [-0.3, -0.25) is 4.79 Å². The number of hydrogen-bond donors (Lipinski definition) is 0. The van der Waals surface area contributed by atoms with Gasteiger partial charge in [0, 0.05) is 24.2 Å². The van der Waals surface area contributed by atoms with E-state index in [1.807, 2.05) is 24.0 Å². The maximum atomic E-state index is 14.1. The van der Waals surface area contributed by atoms with E-state index in [1.165, 1.54) is 12.1 Å². The Labute approximate surface area is 184 Å². The molecule has 2 unspecified atom stereocenters. The van der Waals surface area contributed by atoms with Gasteiger partial charge >= 0.3 is 0 Å². The fourth-order valence-corrected chi connectivity index (χ4v) is 3.90. The molecule has 0 aliphatic heterocycles. The summed E-state index contributed by atoms with van der Waals surface area (Å²) < 4.78 is 38.0. The molecule has 0 spiro atoms. The molecule has 1 amide bonds. The number of ether oxygens (including phenoxy) is 2. The van der Waals surface area contributed by atoms with E-state index in [0.29, 0.717) is 30.0 Å². The van der Waals surface area contributed by atoms with Crippen LogP contribution in [0, 0.1) is 17.6 Å². The van der Waals surface area contributed by atoms with Gasteiger partial charge in [0.15, 0.2) is 11.5 Å². The van der Waals surface area contributed by atoms with Crippen molar-refractivity contribution >= 4 is 12.0 Å². The Kier molecular flexibility index (Phi) is 9.28. The summed E-state index contributed by atoms with van der Waals surface area (Å²) in [7, 11) is 3.13. The molecule has 1 aromatic carbocycles. The quantitative estimate of drug-likeness (QED) is 0.464. The van der Waals surface area contributed by atoms with Crippen molar-refractivity contribution in [1.29, 1.82) is 0 Å². The van der Waals surface area contributed by atoms with Crippen LogP contribution in [0.4, 0.5) is 8.78 Å². The van der Waals surface area contributed by atoms with Crippen LogP contribution < -0.4 is 0 Å². The fourth-order valence-electron chi connectivity index (χ4n) is 3.90. The normalized spacial score (nSPS) is 17.5. The van der Waals surface area contributed by atoms with Gasteiger partial charge in [0.1, 0.15) is 11.6 Å². The van der Waals surface area contributed by atoms with E-state index in [9.17, 15) is 13.6 Å². The number of amides is 1. The van der Waals surface area contributed by atoms with Crippen LogP contribution in [0.5, 0.6) is 0 Å². The van der Waals surface area contributed by atoms with Crippen LogP contribution in [0.2, 0.25) is 0 Å². The average molecular weight is 434 g/mol. The molecular formula is C25H33F2NO3. The number of halogens is 2. The van der Waals surface area contributed by atoms with E-state index in [4.69, 9.17) is 9.47 Å². The SMILES string of the molecule is CCCC(CC)N(C/C(C)=C/c1ccc(F)cc1F)C(=O)C1C=C(OC)C(OC)=CC1. The van der Waals surface area contributed by atoms with Crippen LogP contribution in [-0.2, 0) is 14.3 Å². The molecule has 0 saturated carbocycles. The van der Waals surface area contributed by atoms with Gasteiger partial charge in [-0.2, -0.15) is 0 Å². The molecule has 2 rings (SSSR count). The monoisotopic (exact) mass is 433 g/mol. The van der Waals surface area contributed by atoms with Gasteiger partial charge < -0.3 is 14.4 Å². The second kappa shape index (κ2) is 11.7. The highest BCUT2D eigenvalue weighted by atomic mass is 19.1. The third-order valence-electron chi connectivity index (χ3n) is 5.51. The van der Waals surface area contributed by atoms with Crippen LogP contribution in [0.3, 0.4) is 0 Å². The first kappa shape index (κ1) is 24.6. The molecule has 0 N–H and O–H groups in total. The molecule has 170 valence electrons. The summed E-state index contributed by atoms with van der Waals surface area (Å²) in [5, 5.41) is 0. The predicted molar refractivity (Wildman–Crippen MR) is 119 cm³/mol. The van der Waals surface area contributed by atoms with Crippen LogP contribution in [-0.4, -0.2) is 37.6 Å². The number of methoxy groups -OCH3 is 2. The molecule has 4 nitrogen and oxygen atoms in total. The second-order valence-corrected chi connectivity index (χ2v) is 7.82. The number of carbonyl (C=O) groups excluding carboxylic acids is 1. The van der Waals surface area contributed by atoms with Gasteiger partial charge in [0.05, 0.1) is 20.1 Å². The van der Waals surface area contributed by atoms with Crippen LogP contribution in [0.1, 0.15) is 52.0 Å². The zero-order valence-electron chi connectivity index (χ0n) is 19.1. The van der Waals surface area contributed by atoms with Gasteiger partial charge in [-0.05, 0) is 50.5 Å². The molecule has 0 bridgehead atoms. The van der Waals surface area contributed by atoms with E-state index < -0.39 is 11.6 Å². The van der Waals surface area contributed by atoms with E-state index in [2.05, 4.69) is 13.8 Å². The Morgan fingerprint density at radius 2 is 1.94 bits per heavy atom. The number of benzene rings is 1. The summed E-state index contributed by atoms with van der Waals surface area (Å²) in [6, 6.07) is 3.59. The molecule has 2 atom stereocenters. The Morgan fingerprint density at radius 3 is 2.52 bits per heavy atom. The van der Waals surface area contributed by atoms with Crippen molar-refractivity contribution in [2.45, 2.75) is 52.5 Å². The Bertz CT molecular complexity index is 860. The highest BCUT2D eigenvalue weighted by Crippen LogP contribution is 2.27. The molecule has 0 heterocycles. The minimum atomic E-state index is -0.616. The number of hydrogen-bond acceptors (Lipinski definition) is 3. The molecule has 0 fully saturated rings. The summed E-state index contributed by atoms with van der Waals surface area (Å²) >= 11 is 0. The minimum Gasteiger partial charge on any atom is -0.493 e. The molecule has 0 aromatic heterocycles. The van der Waals surface area contributed by atoms with Crippen molar-refractivity contribution < 1.29 is 23.0 Å². The van der Waals surface area contributed by atoms with E-state index >= 15 is 0 Å². The molecule has 6 heteroatoms. The summed E-state index contributed by atoms with van der Waals surface area (Å²) in [5.41, 5.74) is 1.13. The zero-order chi connectivity index (χ0) is 23.0. The number of carbonyl (C=O) groups is 1. The third-order valence-corrected chi connectivity index (χ3v) is 5.51. The lowest BCUT2D eigenvalue weighted by Gasteiger charge is -2.34. The van der Waals surface area contributed by atoms with Gasteiger partial charge in [0.25, 0.3) is 0 Å². The zero-order valence-corrected chi connectivity index (χ0v) is 19.1. The van der Waals surface area contributed by atoms with Gasteiger partial charge in [-0.1, -0.05) is 31.9 Å². The van der Waals surface area contributed by atoms with Crippen molar-refractivity contribution in [3.05, 3.63) is 64.6 Å². The summed E-state index contributed by atoms with van der Waals surface area (Å²) in [4.78, 5) is 15.4. The van der Waals surface area contributed by atoms with Crippen molar-refractivity contribution in [3.63, 3.8) is 0 Å². The Hall–Kier alpha value is -2.63. The smallest absolute Gasteiger partial charge is 0.230 e. The summed E-state index contributed by atoms with van der Waals surface area (Å²) in [6.07, 6.45) is 8.55. The fraction of sp³-hybridized carbons (Fsp3) is 0.480. The maximum absolute atomic E-state index is 14.1. The van der Waals surface area contributed by atoms with Gasteiger partial charge in [0.2, 0.25) is 5.91 Å². The first-order chi connectivity index (χ1) is 14.8. The Balaban J connectivity index is 2.30. The largest absolute Gasteiger partial charge is 0.493 e. The van der Waals surface area contributed by atoms with Crippen molar-refractivity contribution in [1.82, 2.24) is 4.90 Å². The topological polar surface area (TPSA) is 38.8 Å². The molecule has 1 aromatic rings. The summed E-state index contributed by atoms with van der Waals surface area (Å²) in [6.45, 7) is 6.40. The summed E-state index contributed by atoms with van der Waals surface area (Å²) in [5.74, 6) is -0.392. The number of allylic oxidation sites excluding steroid dienone is 1. The van der Waals surface area contributed by atoms with E-state index in [0.717, 1.165) is 30.9 Å². The molecule has 1 aliphatic rings. The van der Waals surface area contributed by atoms with Crippen molar-refractivity contribution in [3.8, 4) is 0 Å². The number of nitrogens with zero attached hydrogens (tertiary/aromatic N) is 1.